The molecule has 0 aliphatic heterocycles. The molecule has 0 bridgehead atoms. The Kier molecular flexibility index (Phi) is 4.69. The molecule has 2 rings (SSSR count). The van der Waals surface area contributed by atoms with Gasteiger partial charge in [0.2, 0.25) is 11.6 Å². The summed E-state index contributed by atoms with van der Waals surface area (Å²) < 4.78 is 5.33. The first-order chi connectivity index (χ1) is 10.9. The number of phenolic OH excluding ortho intramolecular Hbond substituents is 2. The van der Waals surface area contributed by atoms with E-state index in [1.165, 1.54) is 18.2 Å². The van der Waals surface area contributed by atoms with Gasteiger partial charge < -0.3 is 14.9 Å². The largest absolute Gasteiger partial charge is 0.507 e. The summed E-state index contributed by atoms with van der Waals surface area (Å²) >= 11 is 0. The van der Waals surface area contributed by atoms with Crippen molar-refractivity contribution in [2.75, 3.05) is 6.61 Å². The Morgan fingerprint density at radius 1 is 1.09 bits per heavy atom. The number of allylic oxidation sites excluding steroid dienone is 6. The van der Waals surface area contributed by atoms with Crippen LogP contribution in [0.3, 0.4) is 0 Å². The number of benzene rings is 1. The Morgan fingerprint density at radius 2 is 1.65 bits per heavy atom. The highest BCUT2D eigenvalue weighted by atomic mass is 16.5. The molecule has 0 saturated carbocycles. The highest BCUT2D eigenvalue weighted by molar-refractivity contribution is 6.29. The van der Waals surface area contributed by atoms with Crippen molar-refractivity contribution in [2.45, 2.75) is 20.8 Å². The summed E-state index contributed by atoms with van der Waals surface area (Å²) in [6.07, 6.45) is 4.90. The van der Waals surface area contributed by atoms with Gasteiger partial charge >= 0.3 is 0 Å². The summed E-state index contributed by atoms with van der Waals surface area (Å²) in [6, 6.07) is 2.36. The number of ether oxygens (including phenoxy) is 1. The fourth-order valence-corrected chi connectivity index (χ4v) is 2.29. The SMILES string of the molecule is CCOC1=C(/C=C\C=C(C)C)C(=O)c2c(O)ccc(O)c2C1=O. The van der Waals surface area contributed by atoms with E-state index in [9.17, 15) is 19.8 Å². The lowest BCUT2D eigenvalue weighted by atomic mass is 9.86. The maximum absolute atomic E-state index is 12.7. The molecule has 0 unspecified atom stereocenters. The van der Waals surface area contributed by atoms with E-state index in [1.807, 2.05) is 13.8 Å². The van der Waals surface area contributed by atoms with E-state index in [0.717, 1.165) is 5.57 Å². The molecular weight excluding hydrogens is 296 g/mol. The van der Waals surface area contributed by atoms with Crippen molar-refractivity contribution in [3.63, 3.8) is 0 Å². The molecular formula is C18H18O5. The maximum atomic E-state index is 12.7. The number of aromatic hydroxyl groups is 2. The lowest BCUT2D eigenvalue weighted by molar-refractivity contribution is 0.0879. The van der Waals surface area contributed by atoms with E-state index in [-0.39, 0.29) is 40.6 Å². The van der Waals surface area contributed by atoms with Crippen LogP contribution in [0.15, 0.2) is 47.3 Å². The lowest BCUT2D eigenvalue weighted by Gasteiger charge is -2.20. The van der Waals surface area contributed by atoms with Crippen molar-refractivity contribution in [3.8, 4) is 11.5 Å². The number of carbonyl (C=O) groups is 2. The summed E-state index contributed by atoms with van der Waals surface area (Å²) in [4.78, 5) is 25.2. The first kappa shape index (κ1) is 16.5. The molecule has 1 aromatic carbocycles. The van der Waals surface area contributed by atoms with Gasteiger partial charge in [-0.2, -0.15) is 0 Å². The third-order valence-electron chi connectivity index (χ3n) is 3.29. The molecule has 5 heteroatoms. The zero-order chi connectivity index (χ0) is 17.1. The number of fused-ring (bicyclic) bond motifs is 1. The lowest BCUT2D eigenvalue weighted by Crippen LogP contribution is -2.23. The number of phenols is 2. The van der Waals surface area contributed by atoms with Crippen LogP contribution in [0.25, 0.3) is 0 Å². The normalized spacial score (nSPS) is 14.2. The van der Waals surface area contributed by atoms with Crippen molar-refractivity contribution < 1.29 is 24.5 Å². The van der Waals surface area contributed by atoms with Crippen molar-refractivity contribution in [1.82, 2.24) is 0 Å². The van der Waals surface area contributed by atoms with Crippen molar-refractivity contribution in [2.24, 2.45) is 0 Å². The second kappa shape index (κ2) is 6.52. The topological polar surface area (TPSA) is 83.8 Å². The summed E-state index contributed by atoms with van der Waals surface area (Å²) in [5, 5.41) is 19.8. The summed E-state index contributed by atoms with van der Waals surface area (Å²) in [6.45, 7) is 5.69. The average Bonchev–Trinajstić information content (AvgIpc) is 2.49. The van der Waals surface area contributed by atoms with Crippen LogP contribution in [-0.4, -0.2) is 28.4 Å². The van der Waals surface area contributed by atoms with Crippen LogP contribution in [0.4, 0.5) is 0 Å². The van der Waals surface area contributed by atoms with Gasteiger partial charge in [0, 0.05) is 0 Å². The standard InChI is InChI=1S/C18H18O5/c1-4-23-18-11(7-5-6-10(2)3)16(21)14-12(19)8-9-13(20)15(14)17(18)22/h5-9,19-20H,4H2,1-3H3/b7-5-. The van der Waals surface area contributed by atoms with Crippen LogP contribution >= 0.6 is 0 Å². The Hall–Kier alpha value is -2.82. The van der Waals surface area contributed by atoms with Gasteiger partial charge in [-0.3, -0.25) is 9.59 Å². The van der Waals surface area contributed by atoms with Gasteiger partial charge in [0.1, 0.15) is 11.5 Å². The predicted octanol–water partition coefficient (Wildman–Crippen LogP) is 3.29. The first-order valence-electron chi connectivity index (χ1n) is 7.21. The molecule has 0 heterocycles. The Labute approximate surface area is 134 Å². The fourth-order valence-electron chi connectivity index (χ4n) is 2.29. The molecule has 0 aromatic heterocycles. The van der Waals surface area contributed by atoms with E-state index >= 15 is 0 Å². The fraction of sp³-hybridized carbons (Fsp3) is 0.222. The minimum atomic E-state index is -0.619. The van der Waals surface area contributed by atoms with E-state index < -0.39 is 11.6 Å². The molecule has 0 saturated heterocycles. The van der Waals surface area contributed by atoms with Gasteiger partial charge in [-0.1, -0.05) is 17.7 Å². The Balaban J connectivity index is 2.67. The number of carbonyl (C=O) groups excluding carboxylic acids is 2. The van der Waals surface area contributed by atoms with E-state index in [1.54, 1.807) is 19.1 Å². The van der Waals surface area contributed by atoms with Crippen LogP contribution in [0.5, 0.6) is 11.5 Å². The summed E-state index contributed by atoms with van der Waals surface area (Å²) in [5.74, 6) is -2.01. The molecule has 1 aromatic rings. The minimum absolute atomic E-state index is 0.0581. The Bertz CT molecular complexity index is 762. The Morgan fingerprint density at radius 3 is 2.17 bits per heavy atom. The molecule has 1 aliphatic carbocycles. The van der Waals surface area contributed by atoms with Crippen LogP contribution < -0.4 is 0 Å². The molecule has 120 valence electrons. The zero-order valence-corrected chi connectivity index (χ0v) is 13.2. The van der Waals surface area contributed by atoms with E-state index in [4.69, 9.17) is 4.74 Å². The average molecular weight is 314 g/mol. The second-order valence-corrected chi connectivity index (χ2v) is 5.29. The van der Waals surface area contributed by atoms with E-state index in [0.29, 0.717) is 0 Å². The van der Waals surface area contributed by atoms with Crippen LogP contribution in [0, 0.1) is 0 Å². The van der Waals surface area contributed by atoms with Gasteiger partial charge in [0.15, 0.2) is 5.76 Å². The van der Waals surface area contributed by atoms with Crippen LogP contribution in [0.2, 0.25) is 0 Å². The van der Waals surface area contributed by atoms with Gasteiger partial charge in [-0.05, 0) is 39.0 Å². The zero-order valence-electron chi connectivity index (χ0n) is 13.2. The van der Waals surface area contributed by atoms with Crippen LogP contribution in [-0.2, 0) is 4.74 Å². The second-order valence-electron chi connectivity index (χ2n) is 5.29. The van der Waals surface area contributed by atoms with Crippen molar-refractivity contribution in [1.29, 1.82) is 0 Å². The van der Waals surface area contributed by atoms with Gasteiger partial charge in [0.05, 0.1) is 23.3 Å². The molecule has 0 spiro atoms. The molecule has 0 amide bonds. The molecule has 2 N–H and O–H groups in total. The molecule has 23 heavy (non-hydrogen) atoms. The van der Waals surface area contributed by atoms with Crippen molar-refractivity contribution in [3.05, 3.63) is 58.4 Å². The molecule has 1 aliphatic rings. The number of ketones is 2. The van der Waals surface area contributed by atoms with Crippen molar-refractivity contribution >= 4 is 11.6 Å². The van der Waals surface area contributed by atoms with Gasteiger partial charge in [-0.25, -0.2) is 0 Å². The number of rotatable bonds is 4. The maximum Gasteiger partial charge on any atom is 0.232 e. The quantitative estimate of drug-likeness (QED) is 0.658. The molecule has 0 atom stereocenters. The highest BCUT2D eigenvalue weighted by Crippen LogP contribution is 2.37. The highest BCUT2D eigenvalue weighted by Gasteiger charge is 2.36. The first-order valence-corrected chi connectivity index (χ1v) is 7.21. The number of hydrogen-bond donors (Lipinski definition) is 2. The smallest absolute Gasteiger partial charge is 0.232 e. The third-order valence-corrected chi connectivity index (χ3v) is 3.29. The van der Waals surface area contributed by atoms with Gasteiger partial charge in [-0.15, -0.1) is 0 Å². The molecule has 0 fully saturated rings. The van der Waals surface area contributed by atoms with E-state index in [2.05, 4.69) is 0 Å². The van der Waals surface area contributed by atoms with Gasteiger partial charge in [0.25, 0.3) is 0 Å². The van der Waals surface area contributed by atoms with Crippen LogP contribution in [0.1, 0.15) is 41.5 Å². The third kappa shape index (κ3) is 3.04. The molecule has 5 nitrogen and oxygen atoms in total. The summed E-state index contributed by atoms with van der Waals surface area (Å²) in [7, 11) is 0. The minimum Gasteiger partial charge on any atom is -0.507 e. The summed E-state index contributed by atoms with van der Waals surface area (Å²) in [5.41, 5.74) is 0.658. The number of hydrogen-bond acceptors (Lipinski definition) is 5. The molecule has 0 radical (unpaired) electrons. The number of Topliss-reactive ketones (excluding diaryl/α,β-unsaturated/α-hetero) is 2. The monoisotopic (exact) mass is 314 g/mol. The predicted molar refractivity (Wildman–Crippen MR) is 85.7 cm³/mol.